The molecule has 0 heterocycles. The minimum Gasteiger partial charge on any atom is -0.229 e. The molecule has 0 amide bonds. The first-order chi connectivity index (χ1) is 7.12. The Labute approximate surface area is 96.6 Å². The number of sulfonamides is 1. The number of hydrogen-bond donors (Lipinski definition) is 1. The molecule has 0 aliphatic heterocycles. The van der Waals surface area contributed by atoms with E-state index in [1.54, 1.807) is 13.0 Å². The first kappa shape index (κ1) is 15.3. The third kappa shape index (κ3) is 5.44. The molecular weight excluding hydrogens is 252 g/mol. The van der Waals surface area contributed by atoms with E-state index in [2.05, 4.69) is 4.72 Å². The number of nitrogens with one attached hydrogen (secondary N) is 1. The van der Waals surface area contributed by atoms with E-state index in [0.717, 1.165) is 6.26 Å². The number of nitriles is 1. The predicted octanol–water partition coefficient (Wildman–Crippen LogP) is -0.359. The number of sulfone groups is 1. The molecule has 0 aromatic carbocycles. The molecular formula is C8H16N2O4S2. The van der Waals surface area contributed by atoms with E-state index in [-0.39, 0.29) is 12.2 Å². The van der Waals surface area contributed by atoms with Gasteiger partial charge in [-0.25, -0.2) is 21.6 Å². The molecule has 0 saturated heterocycles. The van der Waals surface area contributed by atoms with Gasteiger partial charge in [0.05, 0.1) is 11.8 Å². The highest BCUT2D eigenvalue weighted by molar-refractivity contribution is 7.91. The zero-order valence-electron chi connectivity index (χ0n) is 9.47. The Morgan fingerprint density at radius 3 is 2.12 bits per heavy atom. The van der Waals surface area contributed by atoms with Gasteiger partial charge < -0.3 is 0 Å². The fourth-order valence-electron chi connectivity index (χ4n) is 1.23. The zero-order valence-corrected chi connectivity index (χ0v) is 11.1. The lowest BCUT2D eigenvalue weighted by molar-refractivity contribution is 0.557. The Morgan fingerprint density at radius 2 is 1.81 bits per heavy atom. The van der Waals surface area contributed by atoms with Gasteiger partial charge in [-0.1, -0.05) is 6.92 Å². The van der Waals surface area contributed by atoms with Crippen LogP contribution in [0.25, 0.3) is 0 Å². The van der Waals surface area contributed by atoms with Crippen LogP contribution in [-0.4, -0.2) is 40.1 Å². The van der Waals surface area contributed by atoms with E-state index in [0.29, 0.717) is 0 Å². The van der Waals surface area contributed by atoms with Gasteiger partial charge >= 0.3 is 0 Å². The van der Waals surface area contributed by atoms with E-state index in [1.165, 1.54) is 6.92 Å². The molecule has 16 heavy (non-hydrogen) atoms. The van der Waals surface area contributed by atoms with Crippen molar-refractivity contribution in [2.45, 2.75) is 31.6 Å². The van der Waals surface area contributed by atoms with Crippen molar-refractivity contribution in [1.29, 1.82) is 5.26 Å². The smallest absolute Gasteiger partial charge is 0.228 e. The van der Waals surface area contributed by atoms with Crippen LogP contribution in [-0.2, 0) is 19.9 Å². The molecule has 0 radical (unpaired) electrons. The number of nitrogens with zero attached hydrogens (tertiary/aromatic N) is 1. The van der Waals surface area contributed by atoms with Crippen LogP contribution in [0.1, 0.15) is 20.3 Å². The van der Waals surface area contributed by atoms with Gasteiger partial charge in [0.2, 0.25) is 10.0 Å². The van der Waals surface area contributed by atoms with E-state index in [4.69, 9.17) is 5.26 Å². The molecule has 6 nitrogen and oxygen atoms in total. The summed E-state index contributed by atoms with van der Waals surface area (Å²) in [5, 5.41) is 7.48. The second-order valence-electron chi connectivity index (χ2n) is 3.68. The van der Waals surface area contributed by atoms with Crippen molar-refractivity contribution in [3.8, 4) is 6.07 Å². The topological polar surface area (TPSA) is 104 Å². The molecule has 0 spiro atoms. The van der Waals surface area contributed by atoms with Crippen LogP contribution >= 0.6 is 0 Å². The van der Waals surface area contributed by atoms with Crippen LogP contribution in [0.2, 0.25) is 0 Å². The van der Waals surface area contributed by atoms with Crippen molar-refractivity contribution < 1.29 is 16.8 Å². The largest absolute Gasteiger partial charge is 0.229 e. The van der Waals surface area contributed by atoms with Gasteiger partial charge in [0.25, 0.3) is 0 Å². The summed E-state index contributed by atoms with van der Waals surface area (Å²) < 4.78 is 47.2. The van der Waals surface area contributed by atoms with Crippen LogP contribution in [0.3, 0.4) is 0 Å². The van der Waals surface area contributed by atoms with Crippen LogP contribution in [0.4, 0.5) is 0 Å². The normalized spacial score (nSPS) is 16.4. The molecule has 0 rings (SSSR count). The van der Waals surface area contributed by atoms with E-state index >= 15 is 0 Å². The summed E-state index contributed by atoms with van der Waals surface area (Å²) in [5.41, 5.74) is 0. The summed E-state index contributed by atoms with van der Waals surface area (Å²) in [4.78, 5) is 0. The Kier molecular flexibility index (Phi) is 5.38. The Bertz CT molecular complexity index is 461. The van der Waals surface area contributed by atoms with Gasteiger partial charge in [-0.3, -0.25) is 0 Å². The molecule has 0 aromatic heterocycles. The Hall–Kier alpha value is -0.650. The lowest BCUT2D eigenvalue weighted by atomic mass is 10.4. The lowest BCUT2D eigenvalue weighted by Gasteiger charge is -2.15. The van der Waals surface area contributed by atoms with E-state index < -0.39 is 31.2 Å². The summed E-state index contributed by atoms with van der Waals surface area (Å²) in [6, 6.07) is 0.926. The Morgan fingerprint density at radius 1 is 1.31 bits per heavy atom. The molecule has 0 aliphatic carbocycles. The van der Waals surface area contributed by atoms with Crippen LogP contribution in [0.5, 0.6) is 0 Å². The quantitative estimate of drug-likeness (QED) is 0.708. The summed E-state index contributed by atoms with van der Waals surface area (Å²) >= 11 is 0. The minimum absolute atomic E-state index is 0.164. The number of rotatable bonds is 6. The summed E-state index contributed by atoms with van der Waals surface area (Å²) in [6.45, 7) is 3.02. The SMILES string of the molecule is CCC(C#N)S(=O)(=O)NC(C)CS(C)(=O)=O. The first-order valence-corrected chi connectivity index (χ1v) is 8.31. The maximum Gasteiger partial charge on any atom is 0.228 e. The third-order valence-corrected chi connectivity index (χ3v) is 4.83. The Balaban J connectivity index is 4.68. The summed E-state index contributed by atoms with van der Waals surface area (Å²) in [7, 11) is -7.01. The van der Waals surface area contributed by atoms with Crippen LogP contribution < -0.4 is 4.72 Å². The van der Waals surface area contributed by atoms with Gasteiger partial charge in [-0.15, -0.1) is 0 Å². The van der Waals surface area contributed by atoms with E-state index in [1.807, 2.05) is 0 Å². The van der Waals surface area contributed by atoms with Gasteiger partial charge in [-0.05, 0) is 13.3 Å². The highest BCUT2D eigenvalue weighted by Gasteiger charge is 2.26. The summed E-state index contributed by atoms with van der Waals surface area (Å²) in [5.74, 6) is -0.284. The van der Waals surface area contributed by atoms with Gasteiger partial charge in [-0.2, -0.15) is 5.26 Å². The van der Waals surface area contributed by atoms with Gasteiger partial charge in [0.1, 0.15) is 9.84 Å². The molecule has 8 heteroatoms. The highest BCUT2D eigenvalue weighted by atomic mass is 32.2. The summed E-state index contributed by atoms with van der Waals surface area (Å²) in [6.07, 6.45) is 1.19. The monoisotopic (exact) mass is 268 g/mol. The lowest BCUT2D eigenvalue weighted by Crippen LogP contribution is -2.42. The standard InChI is InChI=1S/C8H16N2O4S2/c1-4-8(5-9)16(13,14)10-7(2)6-15(3,11)12/h7-8,10H,4,6H2,1-3H3. The maximum absolute atomic E-state index is 11.6. The van der Waals surface area contributed by atoms with E-state index in [9.17, 15) is 16.8 Å². The molecule has 0 saturated carbocycles. The van der Waals surface area contributed by atoms with Crippen molar-refractivity contribution in [2.75, 3.05) is 12.0 Å². The van der Waals surface area contributed by atoms with Crippen molar-refractivity contribution in [2.24, 2.45) is 0 Å². The van der Waals surface area contributed by atoms with Crippen LogP contribution in [0, 0.1) is 11.3 Å². The molecule has 0 aliphatic rings. The van der Waals surface area contributed by atoms with Gasteiger partial charge in [0.15, 0.2) is 5.25 Å². The zero-order chi connectivity index (χ0) is 13.0. The molecule has 2 atom stereocenters. The predicted molar refractivity (Wildman–Crippen MR) is 60.9 cm³/mol. The fourth-order valence-corrected chi connectivity index (χ4v) is 3.71. The third-order valence-electron chi connectivity index (χ3n) is 1.81. The molecule has 0 bridgehead atoms. The number of hydrogen-bond acceptors (Lipinski definition) is 5. The van der Waals surface area contributed by atoms with Crippen LogP contribution in [0.15, 0.2) is 0 Å². The van der Waals surface area contributed by atoms with Gasteiger partial charge in [0, 0.05) is 12.3 Å². The van der Waals surface area contributed by atoms with Crippen molar-refractivity contribution in [1.82, 2.24) is 4.72 Å². The van der Waals surface area contributed by atoms with Crippen molar-refractivity contribution >= 4 is 19.9 Å². The molecule has 0 aromatic rings. The first-order valence-electron chi connectivity index (χ1n) is 4.71. The average Bonchev–Trinajstić information content (AvgIpc) is 1.99. The molecule has 2 unspecified atom stereocenters. The second-order valence-corrected chi connectivity index (χ2v) is 7.76. The fraction of sp³-hybridized carbons (Fsp3) is 0.875. The van der Waals surface area contributed by atoms with Crippen molar-refractivity contribution in [3.63, 3.8) is 0 Å². The molecule has 0 fully saturated rings. The average molecular weight is 268 g/mol. The second kappa shape index (κ2) is 5.61. The molecule has 94 valence electrons. The van der Waals surface area contributed by atoms with Crippen molar-refractivity contribution in [3.05, 3.63) is 0 Å². The maximum atomic E-state index is 11.6. The minimum atomic E-state index is -3.77. The highest BCUT2D eigenvalue weighted by Crippen LogP contribution is 2.04. The molecule has 1 N–H and O–H groups in total.